The second kappa shape index (κ2) is 33.8. The summed E-state index contributed by atoms with van der Waals surface area (Å²) >= 11 is 0. The minimum Gasteiger partial charge on any atom is -0.444 e. The van der Waals surface area contributed by atoms with Crippen LogP contribution in [-0.4, -0.2) is 175 Å². The Hall–Kier alpha value is -9.88. The molecule has 0 spiro atoms. The molecular weight excluding hydrogens is 1260 g/mol. The highest BCUT2D eigenvalue weighted by atomic mass is 19.2. The van der Waals surface area contributed by atoms with E-state index in [4.69, 9.17) is 19.9 Å². The maximum Gasteiger partial charge on any atom is 0.410 e. The fourth-order valence-electron chi connectivity index (χ4n) is 9.43. The second-order valence-electron chi connectivity index (χ2n) is 24.8. The standard InChI is InChI=1S/C17H24FN3O3.C15H20FN3O4.C15H22FN3O2.C10H12FN3O2.C6H3F2NO2/c1-12(22)19-13-5-6-15(14(18)11-13)20-7-9-21(10-8-20)16(23)24-17(2,3)4;1-15(2,3)23-14(20)18-8-6-17(7-9-18)13-5-4-11(19(21)22)10-12(13)16;1-15(2,3)21-14(20)19-8-6-18(7-9-19)13-5-4-11(17)10-12(13)16;11-9-7-8(14(15)16)1-2-10(9)13-5-3-12-4-6-13;7-5-2-1-4(9(10)11)3-6(5)8/h5-6,11H,7-10H2,1-4H3,(H,19,22);4-5,10H,6-9H2,1-3H3;4-5,10H,6-9,17H2,1-3H3;1-2,7,12H,3-6H2;1-3H. The number of nitrogens with zero attached hydrogens (tertiary/aromatic N) is 10. The minimum atomic E-state index is -1.21. The molecule has 0 unspecified atom stereocenters. The van der Waals surface area contributed by atoms with Crippen molar-refractivity contribution in [3.05, 3.63) is 156 Å². The number of nitrogen functional groups attached to an aromatic ring is 1. The van der Waals surface area contributed by atoms with E-state index >= 15 is 0 Å². The third-order valence-electron chi connectivity index (χ3n) is 13.9. The SMILES string of the molecule is CC(=O)Nc1ccc(N2CCN(C(=O)OC(C)(C)C)CC2)c(F)c1.CC(C)(C)OC(=O)N1CCN(c2ccc(N)cc2F)CC1.CC(C)(C)OC(=O)N1CCN(c2ccc([N+](=O)[O-])cc2F)CC1.O=[N+]([O-])c1ccc(F)c(F)c1.O=[N+]([O-])c1ccc(N2CCNCC2)c(F)c1. The zero-order valence-electron chi connectivity index (χ0n) is 54.6. The van der Waals surface area contributed by atoms with Crippen LogP contribution in [0.2, 0.25) is 0 Å². The molecule has 0 aromatic heterocycles. The van der Waals surface area contributed by atoms with Gasteiger partial charge in [0.1, 0.15) is 28.4 Å². The number of carbonyl (C=O) groups excluding carboxylic acids is 4. The summed E-state index contributed by atoms with van der Waals surface area (Å²) in [5.41, 5.74) is 5.58. The first-order valence-corrected chi connectivity index (χ1v) is 30.1. The number of amides is 4. The van der Waals surface area contributed by atoms with Gasteiger partial charge in [-0.05, 0) is 117 Å². The van der Waals surface area contributed by atoms with Gasteiger partial charge in [-0.2, -0.15) is 0 Å². The molecular formula is C63H81F6N13O13. The topological polar surface area (TPSA) is 298 Å². The highest BCUT2D eigenvalue weighted by Crippen LogP contribution is 2.29. The number of anilines is 6. The number of nitro benzene ring substituents is 3. The molecule has 0 aliphatic carbocycles. The Kier molecular flexibility index (Phi) is 27.0. The number of halogens is 6. The molecule has 0 radical (unpaired) electrons. The van der Waals surface area contributed by atoms with Gasteiger partial charge in [0.2, 0.25) is 5.91 Å². The first-order valence-electron chi connectivity index (χ1n) is 30.1. The van der Waals surface area contributed by atoms with Gasteiger partial charge in [-0.25, -0.2) is 40.7 Å². The number of non-ortho nitro benzene ring substituents is 3. The van der Waals surface area contributed by atoms with Gasteiger partial charge >= 0.3 is 18.3 Å². The largest absolute Gasteiger partial charge is 0.444 e. The number of benzene rings is 5. The number of hydrogen-bond donors (Lipinski definition) is 3. The summed E-state index contributed by atoms with van der Waals surface area (Å²) in [7, 11) is 0. The lowest BCUT2D eigenvalue weighted by Crippen LogP contribution is -2.50. The highest BCUT2D eigenvalue weighted by molar-refractivity contribution is 5.89. The average Bonchev–Trinajstić information content (AvgIpc) is 0.902. The van der Waals surface area contributed by atoms with Crippen LogP contribution in [0.15, 0.2) is 91.0 Å². The number of nitrogens with two attached hydrogens (primary N) is 1. The lowest BCUT2D eigenvalue weighted by Gasteiger charge is -2.36. The number of nitro groups is 3. The Morgan fingerprint density at radius 1 is 0.421 bits per heavy atom. The molecule has 32 heteroatoms. The van der Waals surface area contributed by atoms with Crippen LogP contribution in [0.4, 0.5) is 91.9 Å². The number of hydrogen-bond acceptors (Lipinski definition) is 19. The molecule has 4 amide bonds. The molecule has 5 aromatic carbocycles. The molecule has 4 aliphatic rings. The summed E-state index contributed by atoms with van der Waals surface area (Å²) in [6.07, 6.45) is -1.05. The van der Waals surface area contributed by atoms with Crippen molar-refractivity contribution in [3.63, 3.8) is 0 Å². The Balaban J connectivity index is 0.000000219. The Labute approximate surface area is 545 Å². The van der Waals surface area contributed by atoms with Crippen LogP contribution in [0.1, 0.15) is 69.2 Å². The van der Waals surface area contributed by atoms with Crippen LogP contribution in [-0.2, 0) is 19.0 Å². The van der Waals surface area contributed by atoms with Crippen LogP contribution in [0, 0.1) is 65.2 Å². The first-order chi connectivity index (χ1) is 44.4. The lowest BCUT2D eigenvalue weighted by atomic mass is 10.2. The molecule has 4 saturated heterocycles. The van der Waals surface area contributed by atoms with E-state index in [1.807, 2.05) is 56.2 Å². The molecule has 95 heavy (non-hydrogen) atoms. The van der Waals surface area contributed by atoms with Gasteiger partial charge in [-0.1, -0.05) is 0 Å². The van der Waals surface area contributed by atoms with E-state index in [1.54, 1.807) is 64.6 Å². The van der Waals surface area contributed by atoms with Crippen molar-refractivity contribution >= 4 is 75.4 Å². The predicted octanol–water partition coefficient (Wildman–Crippen LogP) is 11.1. The molecule has 0 bridgehead atoms. The molecule has 518 valence electrons. The molecule has 0 atom stereocenters. The van der Waals surface area contributed by atoms with Crippen LogP contribution in [0.3, 0.4) is 0 Å². The second-order valence-corrected chi connectivity index (χ2v) is 24.8. The molecule has 26 nitrogen and oxygen atoms in total. The number of piperazine rings is 4. The maximum absolute atomic E-state index is 14.3. The van der Waals surface area contributed by atoms with E-state index in [1.165, 1.54) is 43.3 Å². The van der Waals surface area contributed by atoms with Crippen molar-refractivity contribution in [2.45, 2.75) is 86.0 Å². The molecule has 9 rings (SSSR count). The van der Waals surface area contributed by atoms with Crippen molar-refractivity contribution in [2.24, 2.45) is 0 Å². The lowest BCUT2D eigenvalue weighted by molar-refractivity contribution is -0.385. The molecule has 4 aliphatic heterocycles. The summed E-state index contributed by atoms with van der Waals surface area (Å²) in [6.45, 7) is 26.7. The third-order valence-corrected chi connectivity index (χ3v) is 13.9. The van der Waals surface area contributed by atoms with Crippen molar-refractivity contribution < 1.29 is 74.5 Å². The monoisotopic (exact) mass is 1340 g/mol. The van der Waals surface area contributed by atoms with Crippen molar-refractivity contribution in [2.75, 3.05) is 135 Å². The zero-order chi connectivity index (χ0) is 70.7. The van der Waals surface area contributed by atoms with Gasteiger partial charge in [0.05, 0.1) is 55.7 Å². The Morgan fingerprint density at radius 2 is 0.716 bits per heavy atom. The summed E-state index contributed by atoms with van der Waals surface area (Å²) in [5, 5.41) is 36.8. The maximum atomic E-state index is 14.3. The number of rotatable bonds is 8. The summed E-state index contributed by atoms with van der Waals surface area (Å²) in [6, 6.07) is 18.8. The number of carbonyl (C=O) groups is 4. The van der Waals surface area contributed by atoms with E-state index in [0.29, 0.717) is 138 Å². The summed E-state index contributed by atoms with van der Waals surface area (Å²) in [4.78, 5) is 88.4. The van der Waals surface area contributed by atoms with Gasteiger partial charge < -0.3 is 64.9 Å². The molecule has 4 fully saturated rings. The van der Waals surface area contributed by atoms with Gasteiger partial charge in [0.15, 0.2) is 23.3 Å². The first kappa shape index (κ1) is 75.8. The summed E-state index contributed by atoms with van der Waals surface area (Å²) in [5.74, 6) is -4.43. The van der Waals surface area contributed by atoms with Crippen LogP contribution < -0.4 is 36.0 Å². The van der Waals surface area contributed by atoms with Crippen molar-refractivity contribution in [1.82, 2.24) is 20.0 Å². The number of ether oxygens (including phenoxy) is 3. The fraction of sp³-hybridized carbons (Fsp3) is 0.460. The van der Waals surface area contributed by atoms with E-state index < -0.39 is 66.3 Å². The van der Waals surface area contributed by atoms with E-state index in [9.17, 15) is 75.9 Å². The normalized spacial score (nSPS) is 15.0. The molecule has 5 aromatic rings. The Bertz CT molecular complexity index is 3490. The smallest absolute Gasteiger partial charge is 0.410 e. The van der Waals surface area contributed by atoms with Crippen molar-refractivity contribution in [1.29, 1.82) is 0 Å². The van der Waals surface area contributed by atoms with Crippen LogP contribution >= 0.6 is 0 Å². The molecule has 4 N–H and O–H groups in total. The quantitative estimate of drug-likeness (QED) is 0.0427. The van der Waals surface area contributed by atoms with E-state index in [-0.39, 0.29) is 41.4 Å². The molecule has 4 heterocycles. The summed E-state index contributed by atoms with van der Waals surface area (Å²) < 4.78 is 96.2. The minimum absolute atomic E-state index is 0.212. The van der Waals surface area contributed by atoms with Gasteiger partial charge in [-0.3, -0.25) is 35.1 Å². The fourth-order valence-corrected chi connectivity index (χ4v) is 9.43. The average molecular weight is 1340 g/mol. The molecule has 0 saturated carbocycles. The van der Waals surface area contributed by atoms with Crippen molar-refractivity contribution in [3.8, 4) is 0 Å². The number of nitrogens with one attached hydrogen (secondary N) is 2. The zero-order valence-corrected chi connectivity index (χ0v) is 54.6. The van der Waals surface area contributed by atoms with Gasteiger partial charge in [0, 0.05) is 141 Å². The van der Waals surface area contributed by atoms with Gasteiger partial charge in [0.25, 0.3) is 17.1 Å². The third kappa shape index (κ3) is 24.5. The van der Waals surface area contributed by atoms with E-state index in [0.717, 1.165) is 31.3 Å². The van der Waals surface area contributed by atoms with Crippen LogP contribution in [0.25, 0.3) is 0 Å². The van der Waals surface area contributed by atoms with E-state index in [2.05, 4.69) is 10.6 Å². The van der Waals surface area contributed by atoms with Gasteiger partial charge in [-0.15, -0.1) is 0 Å². The Morgan fingerprint density at radius 3 is 1.01 bits per heavy atom. The highest BCUT2D eigenvalue weighted by Gasteiger charge is 2.31. The predicted molar refractivity (Wildman–Crippen MR) is 346 cm³/mol. The van der Waals surface area contributed by atoms with Crippen LogP contribution in [0.5, 0.6) is 0 Å².